The summed E-state index contributed by atoms with van der Waals surface area (Å²) in [7, 11) is 0. The van der Waals surface area contributed by atoms with Crippen LogP contribution in [0.2, 0.25) is 5.02 Å². The van der Waals surface area contributed by atoms with Gasteiger partial charge in [0.25, 0.3) is 0 Å². The van der Waals surface area contributed by atoms with Gasteiger partial charge in [0, 0.05) is 22.2 Å². The van der Waals surface area contributed by atoms with E-state index >= 15 is 0 Å². The van der Waals surface area contributed by atoms with Crippen molar-refractivity contribution in [1.29, 1.82) is 5.26 Å². The summed E-state index contributed by atoms with van der Waals surface area (Å²) in [5.74, 6) is -0.0458. The van der Waals surface area contributed by atoms with E-state index in [1.54, 1.807) is 22.7 Å². The van der Waals surface area contributed by atoms with Gasteiger partial charge in [-0.05, 0) is 48.9 Å². The van der Waals surface area contributed by atoms with E-state index in [-0.39, 0.29) is 5.91 Å². The molecule has 0 aliphatic carbocycles. The lowest BCUT2D eigenvalue weighted by Crippen LogP contribution is -2.27. The van der Waals surface area contributed by atoms with Crippen LogP contribution < -0.4 is 5.32 Å². The highest BCUT2D eigenvalue weighted by Crippen LogP contribution is 2.29. The summed E-state index contributed by atoms with van der Waals surface area (Å²) in [6, 6.07) is 16.8. The molecule has 2 aromatic heterocycles. The van der Waals surface area contributed by atoms with Gasteiger partial charge in [-0.15, -0.1) is 0 Å². The molecule has 160 valence electrons. The van der Waals surface area contributed by atoms with Gasteiger partial charge in [0.15, 0.2) is 5.65 Å². The van der Waals surface area contributed by atoms with Crippen molar-refractivity contribution in [3.8, 4) is 28.6 Å². The number of carbonyl (C=O) groups excluding carboxylic acids is 1. The van der Waals surface area contributed by atoms with Crippen LogP contribution in [0.15, 0.2) is 54.7 Å². The summed E-state index contributed by atoms with van der Waals surface area (Å²) < 4.78 is 1.69. The van der Waals surface area contributed by atoms with E-state index < -0.39 is 5.41 Å². The highest BCUT2D eigenvalue weighted by atomic mass is 35.5. The molecule has 1 amide bonds. The number of halogens is 1. The molecule has 32 heavy (non-hydrogen) atoms. The molecular weight excluding hydrogens is 422 g/mol. The number of rotatable bonds is 3. The second kappa shape index (κ2) is 8.10. The topological polar surface area (TPSA) is 83.1 Å². The molecule has 0 saturated heterocycles. The first-order valence-corrected chi connectivity index (χ1v) is 10.5. The average Bonchev–Trinajstić information content (AvgIpc) is 3.18. The number of aryl methyl sites for hydroxylation is 1. The molecule has 6 nitrogen and oxygen atoms in total. The molecule has 0 fully saturated rings. The van der Waals surface area contributed by atoms with Gasteiger partial charge in [-0.2, -0.15) is 10.4 Å². The quantitative estimate of drug-likeness (QED) is 0.428. The van der Waals surface area contributed by atoms with Crippen molar-refractivity contribution in [2.75, 3.05) is 5.32 Å². The first kappa shape index (κ1) is 21.5. The lowest BCUT2D eigenvalue weighted by molar-refractivity contribution is -0.123. The Morgan fingerprint density at radius 2 is 1.88 bits per heavy atom. The first-order chi connectivity index (χ1) is 15.2. The maximum atomic E-state index is 12.4. The number of amides is 1. The molecule has 0 saturated carbocycles. The maximum absolute atomic E-state index is 12.4. The fourth-order valence-corrected chi connectivity index (χ4v) is 3.40. The van der Waals surface area contributed by atoms with Crippen LogP contribution in [0.1, 0.15) is 31.9 Å². The van der Waals surface area contributed by atoms with Gasteiger partial charge in [-0.25, -0.2) is 9.50 Å². The number of nitrogens with zero attached hydrogens (tertiary/aromatic N) is 4. The summed E-state index contributed by atoms with van der Waals surface area (Å²) >= 11 is 6.34. The Balaban J connectivity index is 1.72. The zero-order valence-electron chi connectivity index (χ0n) is 18.3. The van der Waals surface area contributed by atoms with Crippen molar-refractivity contribution >= 4 is 28.8 Å². The van der Waals surface area contributed by atoms with Gasteiger partial charge in [-0.1, -0.05) is 44.5 Å². The predicted octanol–water partition coefficient (Wildman–Crippen LogP) is 5.88. The minimum atomic E-state index is -0.490. The highest BCUT2D eigenvalue weighted by molar-refractivity contribution is 6.33. The molecular formula is C25H22ClN5O. The lowest BCUT2D eigenvalue weighted by atomic mass is 9.95. The Bertz CT molecular complexity index is 1390. The van der Waals surface area contributed by atoms with Crippen molar-refractivity contribution in [3.05, 3.63) is 70.9 Å². The predicted molar refractivity (Wildman–Crippen MR) is 126 cm³/mol. The van der Waals surface area contributed by atoms with E-state index in [4.69, 9.17) is 11.6 Å². The zero-order chi connectivity index (χ0) is 23.0. The number of nitrogens with one attached hydrogen (secondary N) is 1. The zero-order valence-corrected chi connectivity index (χ0v) is 19.0. The smallest absolute Gasteiger partial charge is 0.229 e. The van der Waals surface area contributed by atoms with Crippen LogP contribution in [-0.4, -0.2) is 20.5 Å². The van der Waals surface area contributed by atoms with Gasteiger partial charge in [-0.3, -0.25) is 4.79 Å². The van der Waals surface area contributed by atoms with Gasteiger partial charge >= 0.3 is 0 Å². The molecule has 7 heteroatoms. The summed E-state index contributed by atoms with van der Waals surface area (Å²) in [5, 5.41) is 17.4. The van der Waals surface area contributed by atoms with Crippen LogP contribution in [-0.2, 0) is 4.79 Å². The van der Waals surface area contributed by atoms with E-state index in [1.807, 2.05) is 64.2 Å². The van der Waals surface area contributed by atoms with Crippen LogP contribution >= 0.6 is 11.6 Å². The molecule has 0 unspecified atom stereocenters. The van der Waals surface area contributed by atoms with Crippen LogP contribution in [0.5, 0.6) is 0 Å². The Labute approximate surface area is 191 Å². The minimum absolute atomic E-state index is 0.0458. The minimum Gasteiger partial charge on any atom is -0.325 e. The van der Waals surface area contributed by atoms with Crippen molar-refractivity contribution < 1.29 is 4.79 Å². The molecule has 4 rings (SSSR count). The molecule has 2 heterocycles. The summed E-state index contributed by atoms with van der Waals surface area (Å²) in [6.07, 6.45) is 1.83. The van der Waals surface area contributed by atoms with Gasteiger partial charge < -0.3 is 5.32 Å². The van der Waals surface area contributed by atoms with Gasteiger partial charge in [0.2, 0.25) is 5.91 Å². The Hall–Kier alpha value is -3.69. The molecule has 0 atom stereocenters. The summed E-state index contributed by atoms with van der Waals surface area (Å²) in [4.78, 5) is 17.1. The number of hydrogen-bond donors (Lipinski definition) is 1. The third kappa shape index (κ3) is 4.20. The Morgan fingerprint density at radius 1 is 1.09 bits per heavy atom. The second-order valence-corrected chi connectivity index (χ2v) is 9.09. The number of anilines is 1. The van der Waals surface area contributed by atoms with E-state index in [2.05, 4.69) is 21.5 Å². The molecule has 0 aliphatic heterocycles. The van der Waals surface area contributed by atoms with Crippen molar-refractivity contribution in [1.82, 2.24) is 14.6 Å². The number of carbonyl (C=O) groups is 1. The highest BCUT2D eigenvalue weighted by Gasteiger charge is 2.22. The number of fused-ring (bicyclic) bond motifs is 1. The van der Waals surface area contributed by atoms with Gasteiger partial charge in [0.05, 0.1) is 34.2 Å². The maximum Gasteiger partial charge on any atom is 0.229 e. The molecule has 2 aromatic carbocycles. The monoisotopic (exact) mass is 443 g/mol. The van der Waals surface area contributed by atoms with Crippen LogP contribution in [0.25, 0.3) is 28.2 Å². The molecule has 4 aromatic rings. The van der Waals surface area contributed by atoms with Crippen molar-refractivity contribution in [2.45, 2.75) is 27.7 Å². The number of imidazole rings is 1. The fraction of sp³-hybridized carbons (Fsp3) is 0.200. The van der Waals surface area contributed by atoms with Crippen molar-refractivity contribution in [2.24, 2.45) is 5.41 Å². The number of hydrogen-bond acceptors (Lipinski definition) is 4. The SMILES string of the molecule is Cc1ccc(-c2cn3nc(-c4cc(C#N)ccc4Cl)ccc3n2)cc1NC(=O)C(C)(C)C. The van der Waals surface area contributed by atoms with E-state index in [9.17, 15) is 10.1 Å². The standard InChI is InChI=1S/C25H22ClN5O/c1-15-5-7-17(12-21(15)29-24(32)25(2,3)4)22-14-31-23(28-22)10-9-20(30-31)18-11-16(13-27)6-8-19(18)26/h5-12,14H,1-4H3,(H,29,32). The molecule has 0 spiro atoms. The molecule has 0 aliphatic rings. The Kier molecular flexibility index (Phi) is 5.45. The summed E-state index contributed by atoms with van der Waals surface area (Å²) in [6.45, 7) is 7.60. The largest absolute Gasteiger partial charge is 0.325 e. The van der Waals surface area contributed by atoms with E-state index in [1.165, 1.54) is 0 Å². The van der Waals surface area contributed by atoms with Crippen LogP contribution in [0.3, 0.4) is 0 Å². The molecule has 1 N–H and O–H groups in total. The normalized spacial score (nSPS) is 11.4. The first-order valence-electron chi connectivity index (χ1n) is 10.1. The fourth-order valence-electron chi connectivity index (χ4n) is 3.18. The number of aromatic nitrogens is 3. The number of nitriles is 1. The van der Waals surface area contributed by atoms with E-state index in [0.717, 1.165) is 22.5 Å². The lowest BCUT2D eigenvalue weighted by Gasteiger charge is -2.19. The average molecular weight is 444 g/mol. The van der Waals surface area contributed by atoms with Crippen LogP contribution in [0, 0.1) is 23.7 Å². The van der Waals surface area contributed by atoms with Crippen LogP contribution in [0.4, 0.5) is 5.69 Å². The van der Waals surface area contributed by atoms with E-state index in [0.29, 0.717) is 27.5 Å². The second-order valence-electron chi connectivity index (χ2n) is 8.69. The third-order valence-electron chi connectivity index (χ3n) is 5.15. The third-order valence-corrected chi connectivity index (χ3v) is 5.48. The van der Waals surface area contributed by atoms with Crippen molar-refractivity contribution in [3.63, 3.8) is 0 Å². The molecule has 0 bridgehead atoms. The number of benzene rings is 2. The summed E-state index contributed by atoms with van der Waals surface area (Å²) in [5.41, 5.74) is 5.37. The Morgan fingerprint density at radius 3 is 2.59 bits per heavy atom. The molecule has 0 radical (unpaired) electrons. The van der Waals surface area contributed by atoms with Gasteiger partial charge in [0.1, 0.15) is 0 Å².